The molecule has 0 radical (unpaired) electrons. The third kappa shape index (κ3) is 2.54. The molecule has 21 heavy (non-hydrogen) atoms. The Morgan fingerprint density at radius 2 is 1.62 bits per heavy atom. The molecule has 1 aromatic heterocycles. The lowest BCUT2D eigenvalue weighted by Crippen LogP contribution is -2.38. The smallest absolute Gasteiger partial charge is 0.163 e. The number of halogens is 2. The molecule has 0 N–H and O–H groups in total. The normalized spacial score (nSPS) is 16.6. The van der Waals surface area contributed by atoms with Crippen molar-refractivity contribution in [2.24, 2.45) is 0 Å². The van der Waals surface area contributed by atoms with Crippen LogP contribution in [0.3, 0.4) is 0 Å². The summed E-state index contributed by atoms with van der Waals surface area (Å²) in [4.78, 5) is 8.89. The predicted octanol–water partition coefficient (Wildman–Crippen LogP) is 4.78. The van der Waals surface area contributed by atoms with E-state index in [1.54, 1.807) is 7.11 Å². The van der Waals surface area contributed by atoms with Crippen molar-refractivity contribution in [1.82, 2.24) is 9.97 Å². The topological polar surface area (TPSA) is 35.0 Å². The molecular weight excluding hydrogens is 307 g/mol. The second kappa shape index (κ2) is 5.56. The summed E-state index contributed by atoms with van der Waals surface area (Å²) < 4.78 is 5.59. The van der Waals surface area contributed by atoms with Crippen LogP contribution < -0.4 is 0 Å². The number of methoxy groups -OCH3 is 1. The second-order valence-corrected chi connectivity index (χ2v) is 6.14. The van der Waals surface area contributed by atoms with E-state index in [0.29, 0.717) is 21.7 Å². The van der Waals surface area contributed by atoms with Crippen LogP contribution in [0.2, 0.25) is 10.3 Å². The van der Waals surface area contributed by atoms with Gasteiger partial charge >= 0.3 is 0 Å². The van der Waals surface area contributed by atoms with Crippen molar-refractivity contribution >= 4 is 23.2 Å². The average Bonchev–Trinajstić information content (AvgIpc) is 2.40. The molecule has 0 saturated heterocycles. The molecule has 0 spiro atoms. The Kier molecular flexibility index (Phi) is 3.91. The van der Waals surface area contributed by atoms with Gasteiger partial charge < -0.3 is 4.74 Å². The molecule has 1 heterocycles. The van der Waals surface area contributed by atoms with E-state index in [9.17, 15) is 0 Å². The summed E-state index contributed by atoms with van der Waals surface area (Å²) in [7, 11) is 1.68. The van der Waals surface area contributed by atoms with Gasteiger partial charge in [-0.3, -0.25) is 0 Å². The molecule has 3 nitrogen and oxygen atoms in total. The molecule has 5 heteroatoms. The number of aromatic nitrogens is 2. The first kappa shape index (κ1) is 14.8. The van der Waals surface area contributed by atoms with Crippen LogP contribution in [0.15, 0.2) is 24.3 Å². The van der Waals surface area contributed by atoms with Crippen molar-refractivity contribution < 1.29 is 4.74 Å². The fraction of sp³-hybridized carbons (Fsp3) is 0.375. The first-order valence-corrected chi connectivity index (χ1v) is 7.67. The molecule has 1 saturated carbocycles. The van der Waals surface area contributed by atoms with Gasteiger partial charge in [0.15, 0.2) is 5.82 Å². The van der Waals surface area contributed by atoms with E-state index in [0.717, 1.165) is 24.8 Å². The van der Waals surface area contributed by atoms with Crippen molar-refractivity contribution in [1.29, 1.82) is 0 Å². The van der Waals surface area contributed by atoms with Crippen molar-refractivity contribution in [3.05, 3.63) is 46.0 Å². The van der Waals surface area contributed by atoms with Gasteiger partial charge in [-0.05, 0) is 31.7 Å². The molecule has 0 atom stereocenters. The second-order valence-electron chi connectivity index (χ2n) is 5.42. The lowest BCUT2D eigenvalue weighted by atomic mass is 9.79. The minimum Gasteiger partial charge on any atom is -0.370 e. The quantitative estimate of drug-likeness (QED) is 0.762. The van der Waals surface area contributed by atoms with Crippen molar-refractivity contribution in [3.8, 4) is 11.1 Å². The zero-order chi connectivity index (χ0) is 15.0. The van der Waals surface area contributed by atoms with E-state index in [2.05, 4.69) is 9.97 Å². The van der Waals surface area contributed by atoms with E-state index < -0.39 is 5.60 Å². The Morgan fingerprint density at radius 3 is 2.05 bits per heavy atom. The summed E-state index contributed by atoms with van der Waals surface area (Å²) in [6.07, 6.45) is 2.91. The molecule has 1 aromatic carbocycles. The molecule has 1 aliphatic rings. The van der Waals surface area contributed by atoms with Crippen LogP contribution in [0.4, 0.5) is 0 Å². The van der Waals surface area contributed by atoms with E-state index in [1.807, 2.05) is 31.2 Å². The number of rotatable bonds is 3. The number of nitrogens with zero attached hydrogens (tertiary/aromatic N) is 2. The zero-order valence-corrected chi connectivity index (χ0v) is 13.5. The van der Waals surface area contributed by atoms with Crippen LogP contribution in [0.5, 0.6) is 0 Å². The van der Waals surface area contributed by atoms with Gasteiger partial charge in [-0.25, -0.2) is 9.97 Å². The van der Waals surface area contributed by atoms with Gasteiger partial charge in [-0.1, -0.05) is 53.0 Å². The number of hydrogen-bond acceptors (Lipinski definition) is 3. The highest BCUT2D eigenvalue weighted by molar-refractivity contribution is 6.37. The van der Waals surface area contributed by atoms with Gasteiger partial charge in [0.1, 0.15) is 15.9 Å². The Balaban J connectivity index is 2.06. The summed E-state index contributed by atoms with van der Waals surface area (Å²) in [5, 5.41) is 0.745. The molecule has 1 fully saturated rings. The Bertz CT molecular complexity index is 638. The van der Waals surface area contributed by atoms with Gasteiger partial charge in [-0.2, -0.15) is 0 Å². The molecule has 110 valence electrons. The fourth-order valence-corrected chi connectivity index (χ4v) is 3.19. The van der Waals surface area contributed by atoms with Gasteiger partial charge in [-0.15, -0.1) is 0 Å². The minimum absolute atomic E-state index is 0.372. The van der Waals surface area contributed by atoms with Gasteiger partial charge in [0.25, 0.3) is 0 Å². The molecule has 0 bridgehead atoms. The first-order chi connectivity index (χ1) is 10.1. The van der Waals surface area contributed by atoms with E-state index in [1.165, 1.54) is 5.56 Å². The van der Waals surface area contributed by atoms with Gasteiger partial charge in [0.05, 0.1) is 5.56 Å². The van der Waals surface area contributed by atoms with Crippen LogP contribution in [0.25, 0.3) is 11.1 Å². The van der Waals surface area contributed by atoms with Crippen LogP contribution >= 0.6 is 23.2 Å². The van der Waals surface area contributed by atoms with Crippen LogP contribution in [-0.2, 0) is 10.3 Å². The maximum atomic E-state index is 6.36. The molecule has 0 amide bonds. The SMILES string of the molecule is COC1(c2nc(Cl)c(-c3ccc(C)cc3)c(Cl)n2)CCC1. The lowest BCUT2D eigenvalue weighted by Gasteiger charge is -2.38. The maximum Gasteiger partial charge on any atom is 0.163 e. The number of benzene rings is 1. The van der Waals surface area contributed by atoms with Crippen LogP contribution in [0, 0.1) is 6.92 Å². The van der Waals surface area contributed by atoms with Crippen LogP contribution in [0.1, 0.15) is 30.7 Å². The highest BCUT2D eigenvalue weighted by atomic mass is 35.5. The van der Waals surface area contributed by atoms with Gasteiger partial charge in [0, 0.05) is 7.11 Å². The predicted molar refractivity (Wildman–Crippen MR) is 84.8 cm³/mol. The molecule has 0 unspecified atom stereocenters. The van der Waals surface area contributed by atoms with Gasteiger partial charge in [0.2, 0.25) is 0 Å². The Hall–Kier alpha value is -1.16. The van der Waals surface area contributed by atoms with E-state index >= 15 is 0 Å². The largest absolute Gasteiger partial charge is 0.370 e. The van der Waals surface area contributed by atoms with E-state index in [-0.39, 0.29) is 0 Å². The zero-order valence-electron chi connectivity index (χ0n) is 12.0. The maximum absolute atomic E-state index is 6.36. The summed E-state index contributed by atoms with van der Waals surface area (Å²) in [5.41, 5.74) is 2.35. The van der Waals surface area contributed by atoms with E-state index in [4.69, 9.17) is 27.9 Å². The molecule has 3 rings (SSSR count). The van der Waals surface area contributed by atoms with Crippen molar-refractivity contribution in [2.75, 3.05) is 7.11 Å². The fourth-order valence-electron chi connectivity index (χ4n) is 2.59. The summed E-state index contributed by atoms with van der Waals surface area (Å²) in [6, 6.07) is 7.97. The molecule has 1 aliphatic carbocycles. The summed E-state index contributed by atoms with van der Waals surface area (Å²) in [5.74, 6) is 0.585. The monoisotopic (exact) mass is 322 g/mol. The number of ether oxygens (including phenoxy) is 1. The third-order valence-corrected chi connectivity index (χ3v) is 4.67. The highest BCUT2D eigenvalue weighted by Crippen LogP contribution is 2.44. The standard InChI is InChI=1S/C16H16Cl2N2O/c1-10-4-6-11(7-5-10)12-13(17)19-15(20-14(12)18)16(21-2)8-3-9-16/h4-7H,3,8-9H2,1-2H3. The highest BCUT2D eigenvalue weighted by Gasteiger charge is 2.42. The number of hydrogen-bond donors (Lipinski definition) is 0. The Labute approximate surface area is 134 Å². The molecular formula is C16H16Cl2N2O. The minimum atomic E-state index is -0.418. The summed E-state index contributed by atoms with van der Waals surface area (Å²) >= 11 is 12.7. The Morgan fingerprint density at radius 1 is 1.05 bits per heavy atom. The average molecular weight is 323 g/mol. The van der Waals surface area contributed by atoms with Crippen molar-refractivity contribution in [3.63, 3.8) is 0 Å². The number of aryl methyl sites for hydroxylation is 1. The lowest BCUT2D eigenvalue weighted by molar-refractivity contribution is -0.0846. The van der Waals surface area contributed by atoms with Crippen LogP contribution in [-0.4, -0.2) is 17.1 Å². The van der Waals surface area contributed by atoms with Crippen molar-refractivity contribution in [2.45, 2.75) is 31.8 Å². The molecule has 0 aliphatic heterocycles. The third-order valence-electron chi connectivity index (χ3n) is 4.12. The first-order valence-electron chi connectivity index (χ1n) is 6.91. The summed E-state index contributed by atoms with van der Waals surface area (Å²) in [6.45, 7) is 2.03. The molecule has 2 aromatic rings.